The van der Waals surface area contributed by atoms with Crippen molar-refractivity contribution in [3.63, 3.8) is 0 Å². The van der Waals surface area contributed by atoms with Gasteiger partial charge in [0.15, 0.2) is 0 Å². The van der Waals surface area contributed by atoms with E-state index in [0.29, 0.717) is 23.5 Å². The Morgan fingerprint density at radius 1 is 0.828 bits per heavy atom. The molecule has 0 radical (unpaired) electrons. The van der Waals surface area contributed by atoms with Crippen LogP contribution < -0.4 is 4.74 Å². The first-order chi connectivity index (χ1) is 13.8. The fraction of sp³-hybridized carbons (Fsp3) is 0.200. The third-order valence-corrected chi connectivity index (χ3v) is 4.62. The second kappa shape index (κ2) is 8.74. The number of carbonyl (C=O) groups excluding carboxylic acids is 2. The van der Waals surface area contributed by atoms with Crippen molar-refractivity contribution in [2.45, 2.75) is 26.7 Å². The van der Waals surface area contributed by atoms with Gasteiger partial charge in [0.25, 0.3) is 0 Å². The van der Waals surface area contributed by atoms with E-state index in [1.54, 1.807) is 19.9 Å². The molecule has 4 nitrogen and oxygen atoms in total. The van der Waals surface area contributed by atoms with Gasteiger partial charge in [-0.25, -0.2) is 9.59 Å². The molecule has 0 aliphatic carbocycles. The predicted molar refractivity (Wildman–Crippen MR) is 116 cm³/mol. The monoisotopic (exact) mass is 388 g/mol. The summed E-state index contributed by atoms with van der Waals surface area (Å²) in [6, 6.07) is 16.1. The highest BCUT2D eigenvalue weighted by molar-refractivity contribution is 6.08. The number of carbonyl (C=O) groups is 2. The Morgan fingerprint density at radius 3 is 2.10 bits per heavy atom. The third kappa shape index (κ3) is 4.91. The van der Waals surface area contributed by atoms with Crippen molar-refractivity contribution in [3.8, 4) is 5.75 Å². The smallest absolute Gasteiger partial charge is 0.338 e. The number of esters is 2. The summed E-state index contributed by atoms with van der Waals surface area (Å²) in [5.41, 5.74) is 1.97. The van der Waals surface area contributed by atoms with Crippen LogP contribution in [0.5, 0.6) is 5.75 Å². The van der Waals surface area contributed by atoms with Gasteiger partial charge in [0.2, 0.25) is 0 Å². The topological polar surface area (TPSA) is 52.6 Å². The number of rotatable bonds is 7. The Hall–Kier alpha value is -3.40. The number of fused-ring (bicyclic) bond motifs is 3. The first kappa shape index (κ1) is 20.3. The van der Waals surface area contributed by atoms with Crippen LogP contribution in [0.15, 0.2) is 72.8 Å². The van der Waals surface area contributed by atoms with Crippen molar-refractivity contribution < 1.29 is 19.1 Å². The van der Waals surface area contributed by atoms with Gasteiger partial charge in [0, 0.05) is 11.1 Å². The minimum absolute atomic E-state index is 0.344. The lowest BCUT2D eigenvalue weighted by molar-refractivity contribution is -0.139. The van der Waals surface area contributed by atoms with Crippen molar-refractivity contribution in [1.29, 1.82) is 0 Å². The van der Waals surface area contributed by atoms with Gasteiger partial charge in [-0.2, -0.15) is 0 Å². The van der Waals surface area contributed by atoms with Crippen LogP contribution in [0.25, 0.3) is 21.5 Å². The molecule has 0 heterocycles. The van der Waals surface area contributed by atoms with E-state index in [0.717, 1.165) is 34.4 Å². The molecule has 0 atom stereocenters. The van der Waals surface area contributed by atoms with Gasteiger partial charge in [-0.15, -0.1) is 0 Å². The second-order valence-corrected chi connectivity index (χ2v) is 7.19. The average molecular weight is 388 g/mol. The van der Waals surface area contributed by atoms with Gasteiger partial charge >= 0.3 is 11.9 Å². The Balaban J connectivity index is 1.75. The first-order valence-corrected chi connectivity index (χ1v) is 9.51. The number of hydrogen-bond donors (Lipinski definition) is 0. The molecule has 0 fully saturated rings. The van der Waals surface area contributed by atoms with E-state index in [9.17, 15) is 9.59 Å². The van der Waals surface area contributed by atoms with Crippen LogP contribution in [0.3, 0.4) is 0 Å². The highest BCUT2D eigenvalue weighted by Gasteiger charge is 2.08. The summed E-state index contributed by atoms with van der Waals surface area (Å²) < 4.78 is 10.5. The van der Waals surface area contributed by atoms with Gasteiger partial charge < -0.3 is 9.47 Å². The van der Waals surface area contributed by atoms with Crippen LogP contribution >= 0.6 is 0 Å². The molecule has 3 aromatic rings. The number of benzene rings is 3. The number of hydrogen-bond acceptors (Lipinski definition) is 4. The predicted octanol–water partition coefficient (Wildman–Crippen LogP) is 5.53. The van der Waals surface area contributed by atoms with E-state index < -0.39 is 5.97 Å². The molecule has 0 aromatic heterocycles. The summed E-state index contributed by atoms with van der Waals surface area (Å²) in [7, 11) is 0. The summed E-state index contributed by atoms with van der Waals surface area (Å²) >= 11 is 0. The maximum Gasteiger partial charge on any atom is 0.338 e. The fourth-order valence-electron chi connectivity index (χ4n) is 3.08. The second-order valence-electron chi connectivity index (χ2n) is 7.19. The molecule has 0 spiro atoms. The Kier molecular flexibility index (Phi) is 6.13. The van der Waals surface area contributed by atoms with E-state index in [2.05, 4.69) is 37.4 Å². The maximum absolute atomic E-state index is 11.7. The van der Waals surface area contributed by atoms with E-state index >= 15 is 0 Å². The Labute approximate surface area is 170 Å². The average Bonchev–Trinajstić information content (AvgIpc) is 2.70. The molecular formula is C25H24O4. The van der Waals surface area contributed by atoms with E-state index in [1.165, 1.54) is 5.56 Å². The molecule has 3 rings (SSSR count). The third-order valence-electron chi connectivity index (χ3n) is 4.62. The molecule has 0 N–H and O–H groups in total. The van der Waals surface area contributed by atoms with Crippen LogP contribution in [0, 0.1) is 0 Å². The molecule has 0 bridgehead atoms. The van der Waals surface area contributed by atoms with Crippen molar-refractivity contribution >= 4 is 33.5 Å². The van der Waals surface area contributed by atoms with Gasteiger partial charge in [0.05, 0.1) is 6.61 Å². The minimum atomic E-state index is -0.427. The molecule has 3 aromatic carbocycles. The zero-order valence-corrected chi connectivity index (χ0v) is 16.8. The highest BCUT2D eigenvalue weighted by atomic mass is 16.5. The number of ether oxygens (including phenoxy) is 2. The van der Waals surface area contributed by atoms with Crippen LogP contribution in [0.4, 0.5) is 0 Å². The SMILES string of the molecule is C=C(C)C(=O)OCCCc1ccc2c(ccc3cc(OC(=O)C(=C)C)ccc32)c1. The van der Waals surface area contributed by atoms with Crippen LogP contribution in [0.1, 0.15) is 25.8 Å². The summed E-state index contributed by atoms with van der Waals surface area (Å²) in [6.45, 7) is 10.8. The molecular weight excluding hydrogens is 364 g/mol. The molecule has 0 aliphatic heterocycles. The van der Waals surface area contributed by atoms with Gasteiger partial charge in [-0.3, -0.25) is 0 Å². The van der Waals surface area contributed by atoms with Gasteiger partial charge in [0.1, 0.15) is 5.75 Å². The zero-order valence-electron chi connectivity index (χ0n) is 16.8. The molecule has 0 saturated heterocycles. The molecule has 0 saturated carbocycles. The summed E-state index contributed by atoms with van der Waals surface area (Å²) in [4.78, 5) is 23.1. The Bertz CT molecular complexity index is 1120. The quantitative estimate of drug-likeness (QED) is 0.176. The van der Waals surface area contributed by atoms with Crippen molar-refractivity contribution in [2.24, 2.45) is 0 Å². The normalized spacial score (nSPS) is 10.7. The number of aryl methyl sites for hydroxylation is 1. The molecule has 0 amide bonds. The summed E-state index contributed by atoms with van der Waals surface area (Å²) in [5, 5.41) is 4.38. The van der Waals surface area contributed by atoms with E-state index in [-0.39, 0.29) is 5.97 Å². The van der Waals surface area contributed by atoms with Crippen molar-refractivity contribution in [2.75, 3.05) is 6.61 Å². The summed E-state index contributed by atoms with van der Waals surface area (Å²) in [5.74, 6) is -0.266. The molecule has 148 valence electrons. The van der Waals surface area contributed by atoms with Crippen LogP contribution in [-0.4, -0.2) is 18.5 Å². The molecule has 0 aliphatic rings. The van der Waals surface area contributed by atoms with Crippen molar-refractivity contribution in [1.82, 2.24) is 0 Å². The lowest BCUT2D eigenvalue weighted by atomic mass is 9.98. The largest absolute Gasteiger partial charge is 0.462 e. The molecule has 4 heteroatoms. The van der Waals surface area contributed by atoms with Crippen molar-refractivity contribution in [3.05, 3.63) is 78.4 Å². The fourth-order valence-corrected chi connectivity index (χ4v) is 3.08. The summed E-state index contributed by atoms with van der Waals surface area (Å²) in [6.07, 6.45) is 1.59. The Morgan fingerprint density at radius 2 is 1.45 bits per heavy atom. The minimum Gasteiger partial charge on any atom is -0.462 e. The lowest BCUT2D eigenvalue weighted by Gasteiger charge is -2.09. The highest BCUT2D eigenvalue weighted by Crippen LogP contribution is 2.29. The van der Waals surface area contributed by atoms with E-state index in [4.69, 9.17) is 9.47 Å². The lowest BCUT2D eigenvalue weighted by Crippen LogP contribution is -2.07. The van der Waals surface area contributed by atoms with Crippen LogP contribution in [-0.2, 0) is 20.7 Å². The van der Waals surface area contributed by atoms with Gasteiger partial charge in [-0.05, 0) is 65.9 Å². The van der Waals surface area contributed by atoms with E-state index in [1.807, 2.05) is 18.2 Å². The maximum atomic E-state index is 11.7. The zero-order chi connectivity index (χ0) is 21.0. The standard InChI is InChI=1S/C25H24O4/c1-16(2)24(26)28-13-5-6-18-7-11-22-19(14-18)8-9-20-15-21(10-12-23(20)22)29-25(27)17(3)4/h7-12,14-15H,1,3,5-6,13H2,2,4H3. The van der Waals surface area contributed by atoms with Crippen LogP contribution in [0.2, 0.25) is 0 Å². The first-order valence-electron chi connectivity index (χ1n) is 9.51. The van der Waals surface area contributed by atoms with Gasteiger partial charge in [-0.1, -0.05) is 49.6 Å². The molecule has 0 unspecified atom stereocenters. The molecule has 29 heavy (non-hydrogen) atoms.